The van der Waals surface area contributed by atoms with Crippen LogP contribution >= 0.6 is 19.2 Å². The minimum absolute atomic E-state index is 0.0670. The molecule has 2 heterocycles. The Morgan fingerprint density at radius 1 is 1.21 bits per heavy atom. The second-order valence-corrected chi connectivity index (χ2v) is 13.3. The maximum absolute atomic E-state index is 13.9. The van der Waals surface area contributed by atoms with Crippen LogP contribution in [0.15, 0.2) is 18.2 Å². The zero-order chi connectivity index (χ0) is 29.1. The summed E-state index contributed by atoms with van der Waals surface area (Å²) in [5.74, 6) is -1.09. The molecule has 2 atom stereocenters. The Bertz CT molecular complexity index is 1280. The van der Waals surface area contributed by atoms with E-state index in [9.17, 15) is 24.1 Å². The fraction of sp³-hybridized carbons (Fsp3) is 0.577. The van der Waals surface area contributed by atoms with Gasteiger partial charge in [0.15, 0.2) is 5.78 Å². The molecule has 1 saturated heterocycles. The Hall–Kier alpha value is -2.59. The number of ether oxygens (including phenoxy) is 1. The number of aromatic nitrogens is 1. The number of rotatable bonds is 10. The number of carboxylic acid groups (broad SMARTS) is 1. The first-order valence-electron chi connectivity index (χ1n) is 12.9. The lowest BCUT2D eigenvalue weighted by atomic mass is 9.99. The summed E-state index contributed by atoms with van der Waals surface area (Å²) in [7, 11) is -3.48. The number of hydrogen-bond donors (Lipinski definition) is 2. The van der Waals surface area contributed by atoms with Gasteiger partial charge in [0.05, 0.1) is 30.1 Å². The fourth-order valence-corrected chi connectivity index (χ4v) is 6.34. The lowest BCUT2D eigenvalue weighted by Crippen LogP contribution is -2.36. The first kappa shape index (κ1) is 30.9. The highest BCUT2D eigenvalue weighted by molar-refractivity contribution is 7.54. The van der Waals surface area contributed by atoms with E-state index in [1.807, 2.05) is 0 Å². The van der Waals surface area contributed by atoms with Gasteiger partial charge in [0.1, 0.15) is 11.3 Å². The average Bonchev–Trinajstić information content (AvgIpc) is 3.44. The zero-order valence-corrected chi connectivity index (χ0v) is 24.8. The van der Waals surface area contributed by atoms with E-state index in [2.05, 4.69) is 5.32 Å². The Morgan fingerprint density at radius 2 is 1.85 bits per heavy atom. The summed E-state index contributed by atoms with van der Waals surface area (Å²) in [5.41, 5.74) is -0.862. The molecule has 0 bridgehead atoms. The van der Waals surface area contributed by atoms with Gasteiger partial charge in [0.25, 0.3) is 0 Å². The third-order valence-corrected chi connectivity index (χ3v) is 9.03. The molecule has 2 N–H and O–H groups in total. The fourth-order valence-electron chi connectivity index (χ4n) is 4.55. The van der Waals surface area contributed by atoms with Gasteiger partial charge in [-0.25, -0.2) is 14.2 Å². The predicted molar refractivity (Wildman–Crippen MR) is 149 cm³/mol. The van der Waals surface area contributed by atoms with Crippen LogP contribution in [0.25, 0.3) is 10.9 Å². The quantitative estimate of drug-likeness (QED) is 0.242. The average molecular weight is 586 g/mol. The maximum Gasteiger partial charge on any atom is 0.416 e. The van der Waals surface area contributed by atoms with Crippen molar-refractivity contribution < 1.29 is 37.8 Å². The number of nitrogens with zero attached hydrogens (tertiary/aromatic N) is 2. The number of ketones is 1. The van der Waals surface area contributed by atoms with E-state index in [1.165, 1.54) is 11.0 Å². The van der Waals surface area contributed by atoms with E-state index in [1.54, 1.807) is 53.7 Å². The number of carbonyl (C=O) groups excluding carboxylic acids is 2. The van der Waals surface area contributed by atoms with Crippen LogP contribution in [0.3, 0.4) is 0 Å². The Labute approximate surface area is 233 Å². The SMILES string of the molecule is CCOP(=O)(OCC)C(C)CNc1c(C(=O)C2CCN(C(=O)OC(C)(C)C)C2)n(C(=O)O)c2ccc(Cl)cc12. The van der Waals surface area contributed by atoms with Crippen LogP contribution in [0.2, 0.25) is 5.02 Å². The third-order valence-electron chi connectivity index (χ3n) is 6.30. The van der Waals surface area contributed by atoms with Crippen molar-refractivity contribution in [1.29, 1.82) is 0 Å². The van der Waals surface area contributed by atoms with Crippen molar-refractivity contribution in [2.24, 2.45) is 5.92 Å². The molecule has 1 aliphatic heterocycles. The summed E-state index contributed by atoms with van der Waals surface area (Å²) in [6, 6.07) is 4.65. The monoisotopic (exact) mass is 585 g/mol. The molecule has 2 unspecified atom stereocenters. The van der Waals surface area contributed by atoms with Crippen LogP contribution in [0, 0.1) is 5.92 Å². The zero-order valence-electron chi connectivity index (χ0n) is 23.2. The largest absolute Gasteiger partial charge is 0.464 e. The summed E-state index contributed by atoms with van der Waals surface area (Å²) in [6.45, 7) is 11.2. The number of carbonyl (C=O) groups is 3. The highest BCUT2D eigenvalue weighted by Crippen LogP contribution is 2.53. The Morgan fingerprint density at radius 3 is 2.41 bits per heavy atom. The molecule has 39 heavy (non-hydrogen) atoms. The molecule has 0 aliphatic carbocycles. The molecule has 2 aromatic rings. The highest BCUT2D eigenvalue weighted by atomic mass is 35.5. The van der Waals surface area contributed by atoms with E-state index in [-0.39, 0.29) is 43.2 Å². The normalized spacial score (nSPS) is 16.9. The molecule has 3 rings (SSSR count). The van der Waals surface area contributed by atoms with Gasteiger partial charge in [0.2, 0.25) is 0 Å². The summed E-state index contributed by atoms with van der Waals surface area (Å²) < 4.78 is 30.6. The Balaban J connectivity index is 2.01. The number of Topliss-reactive ketones (excluding diaryl/α,β-unsaturated/α-hetero) is 1. The second-order valence-electron chi connectivity index (χ2n) is 10.4. The van der Waals surface area contributed by atoms with E-state index in [0.29, 0.717) is 23.4 Å². The van der Waals surface area contributed by atoms with Crippen molar-refractivity contribution in [1.82, 2.24) is 9.47 Å². The summed E-state index contributed by atoms with van der Waals surface area (Å²) in [5, 5.41) is 14.1. The van der Waals surface area contributed by atoms with Crippen molar-refractivity contribution >= 4 is 53.8 Å². The third kappa shape index (κ3) is 6.95. The molecule has 1 aliphatic rings. The molecular weight excluding hydrogens is 549 g/mol. The standard InChI is InChI=1S/C26H37ClN3O8P/c1-7-36-39(35,37-8-2)16(3)14-28-21-19-13-18(27)9-10-20(19)30(24(32)33)22(21)23(31)17-11-12-29(15-17)25(34)38-26(4,5)6/h9-10,13,16-17,28H,7-8,11-12,14-15H2,1-6H3,(H,32,33). The number of likely N-dealkylation sites (tertiary alicyclic amines) is 1. The van der Waals surface area contributed by atoms with Crippen LogP contribution < -0.4 is 5.32 Å². The molecular formula is C26H37ClN3O8P. The summed E-state index contributed by atoms with van der Waals surface area (Å²) in [6.07, 6.45) is -1.53. The van der Waals surface area contributed by atoms with Crippen molar-refractivity contribution in [3.05, 3.63) is 28.9 Å². The van der Waals surface area contributed by atoms with Crippen LogP contribution in [-0.4, -0.2) is 76.7 Å². The van der Waals surface area contributed by atoms with E-state index in [4.69, 9.17) is 25.4 Å². The van der Waals surface area contributed by atoms with Gasteiger partial charge >= 0.3 is 19.8 Å². The lowest BCUT2D eigenvalue weighted by molar-refractivity contribution is 0.0289. The van der Waals surface area contributed by atoms with Crippen LogP contribution in [0.5, 0.6) is 0 Å². The topological polar surface area (TPSA) is 136 Å². The molecule has 0 radical (unpaired) electrons. The molecule has 1 amide bonds. The molecule has 216 valence electrons. The van der Waals surface area contributed by atoms with Crippen LogP contribution in [0.1, 0.15) is 58.5 Å². The number of halogens is 1. The predicted octanol–water partition coefficient (Wildman–Crippen LogP) is 6.33. The van der Waals surface area contributed by atoms with Crippen molar-refractivity contribution in [2.45, 2.75) is 59.2 Å². The van der Waals surface area contributed by atoms with E-state index >= 15 is 0 Å². The van der Waals surface area contributed by atoms with Crippen LogP contribution in [0.4, 0.5) is 15.3 Å². The molecule has 13 heteroatoms. The minimum Gasteiger partial charge on any atom is -0.464 e. The number of anilines is 1. The molecule has 0 spiro atoms. The number of fused-ring (bicyclic) bond motifs is 1. The van der Waals surface area contributed by atoms with Crippen LogP contribution in [-0.2, 0) is 18.3 Å². The molecule has 1 aromatic carbocycles. The number of hydrogen-bond acceptors (Lipinski definition) is 8. The number of benzene rings is 1. The first-order chi connectivity index (χ1) is 18.2. The summed E-state index contributed by atoms with van der Waals surface area (Å²) in [4.78, 5) is 40.4. The second kappa shape index (κ2) is 12.3. The van der Waals surface area contributed by atoms with Crippen molar-refractivity contribution in [3.8, 4) is 0 Å². The molecule has 1 fully saturated rings. The van der Waals surface area contributed by atoms with Gasteiger partial charge in [-0.1, -0.05) is 11.6 Å². The number of nitrogens with one attached hydrogen (secondary N) is 1. The van der Waals surface area contributed by atoms with E-state index < -0.39 is 42.7 Å². The minimum atomic E-state index is -3.48. The van der Waals surface area contributed by atoms with Gasteiger partial charge in [-0.2, -0.15) is 0 Å². The van der Waals surface area contributed by atoms with Gasteiger partial charge in [0, 0.05) is 36.0 Å². The molecule has 0 saturated carbocycles. The highest BCUT2D eigenvalue weighted by Gasteiger charge is 2.38. The molecule has 1 aromatic heterocycles. The lowest BCUT2D eigenvalue weighted by Gasteiger charge is -2.24. The number of amides is 1. The van der Waals surface area contributed by atoms with Gasteiger partial charge in [-0.3, -0.25) is 9.36 Å². The smallest absolute Gasteiger partial charge is 0.416 e. The Kier molecular flexibility index (Phi) is 9.75. The molecule has 11 nitrogen and oxygen atoms in total. The maximum atomic E-state index is 13.9. The van der Waals surface area contributed by atoms with Crippen molar-refractivity contribution in [3.63, 3.8) is 0 Å². The van der Waals surface area contributed by atoms with Gasteiger partial charge < -0.3 is 29.1 Å². The van der Waals surface area contributed by atoms with E-state index in [0.717, 1.165) is 4.57 Å². The van der Waals surface area contributed by atoms with Gasteiger partial charge in [-0.15, -0.1) is 0 Å². The first-order valence-corrected chi connectivity index (χ1v) is 14.9. The van der Waals surface area contributed by atoms with Crippen molar-refractivity contribution in [2.75, 3.05) is 38.2 Å². The summed E-state index contributed by atoms with van der Waals surface area (Å²) >= 11 is 6.25. The van der Waals surface area contributed by atoms with Gasteiger partial charge in [-0.05, 0) is 66.2 Å².